The van der Waals surface area contributed by atoms with Gasteiger partial charge in [0.1, 0.15) is 11.5 Å². The van der Waals surface area contributed by atoms with Gasteiger partial charge in [-0.05, 0) is 81.3 Å². The van der Waals surface area contributed by atoms with Gasteiger partial charge in [0.25, 0.3) is 5.91 Å². The fraction of sp³-hybridized carbons (Fsp3) is 0.435. The number of amides is 1. The predicted octanol–water partition coefficient (Wildman–Crippen LogP) is 5.15. The minimum absolute atomic E-state index is 0.0895. The van der Waals surface area contributed by atoms with Crippen molar-refractivity contribution in [3.63, 3.8) is 0 Å². The molecule has 0 saturated carbocycles. The molecule has 27 heavy (non-hydrogen) atoms. The molecule has 2 aromatic rings. The average molecular weight is 367 g/mol. The van der Waals surface area contributed by atoms with Gasteiger partial charge in [0.2, 0.25) is 0 Å². The number of hydrogen-bond acceptors (Lipinski definition) is 3. The summed E-state index contributed by atoms with van der Waals surface area (Å²) in [4.78, 5) is 12.7. The van der Waals surface area contributed by atoms with Crippen LogP contribution in [-0.4, -0.2) is 18.1 Å². The van der Waals surface area contributed by atoms with Crippen LogP contribution in [0.4, 0.5) is 5.69 Å². The Morgan fingerprint density at radius 2 is 1.74 bits per heavy atom. The highest BCUT2D eigenvalue weighted by molar-refractivity contribution is 5.94. The second-order valence-corrected chi connectivity index (χ2v) is 7.34. The Balaban J connectivity index is 1.66. The number of anilines is 1. The van der Waals surface area contributed by atoms with Crippen molar-refractivity contribution in [2.45, 2.75) is 65.1 Å². The fourth-order valence-corrected chi connectivity index (χ4v) is 3.41. The van der Waals surface area contributed by atoms with Gasteiger partial charge in [-0.15, -0.1) is 0 Å². The SMILES string of the molecule is CCC(Oc1ccc2c(c1)CCCC2)C(=O)Nc1cccc(OC(C)C)c1. The highest BCUT2D eigenvalue weighted by Crippen LogP contribution is 2.26. The monoisotopic (exact) mass is 367 g/mol. The van der Waals surface area contributed by atoms with E-state index < -0.39 is 6.10 Å². The number of hydrogen-bond donors (Lipinski definition) is 1. The molecule has 0 spiro atoms. The van der Waals surface area contributed by atoms with E-state index in [9.17, 15) is 4.79 Å². The van der Waals surface area contributed by atoms with Crippen LogP contribution in [0.2, 0.25) is 0 Å². The smallest absolute Gasteiger partial charge is 0.265 e. The Morgan fingerprint density at radius 3 is 2.48 bits per heavy atom. The highest BCUT2D eigenvalue weighted by Gasteiger charge is 2.20. The number of fused-ring (bicyclic) bond motifs is 1. The number of rotatable bonds is 7. The first-order valence-corrected chi connectivity index (χ1v) is 9.91. The van der Waals surface area contributed by atoms with E-state index in [1.165, 1.54) is 24.0 Å². The third-order valence-electron chi connectivity index (χ3n) is 4.73. The normalized spacial score (nSPS) is 14.4. The summed E-state index contributed by atoms with van der Waals surface area (Å²) in [5.41, 5.74) is 3.48. The molecule has 0 aliphatic heterocycles. The minimum Gasteiger partial charge on any atom is -0.491 e. The number of carbonyl (C=O) groups excluding carboxylic acids is 1. The van der Waals surface area contributed by atoms with Crippen LogP contribution in [-0.2, 0) is 17.6 Å². The van der Waals surface area contributed by atoms with Crippen LogP contribution in [0.3, 0.4) is 0 Å². The first-order chi connectivity index (χ1) is 13.0. The fourth-order valence-electron chi connectivity index (χ4n) is 3.41. The molecule has 1 amide bonds. The molecule has 0 fully saturated rings. The Morgan fingerprint density at radius 1 is 1.00 bits per heavy atom. The molecular weight excluding hydrogens is 338 g/mol. The largest absolute Gasteiger partial charge is 0.491 e. The highest BCUT2D eigenvalue weighted by atomic mass is 16.5. The summed E-state index contributed by atoms with van der Waals surface area (Å²) in [6.45, 7) is 5.91. The molecular formula is C23H29NO3. The summed E-state index contributed by atoms with van der Waals surface area (Å²) >= 11 is 0. The van der Waals surface area contributed by atoms with Gasteiger partial charge in [0.05, 0.1) is 6.10 Å². The summed E-state index contributed by atoms with van der Waals surface area (Å²) in [6, 6.07) is 13.7. The van der Waals surface area contributed by atoms with Gasteiger partial charge in [-0.25, -0.2) is 0 Å². The summed E-state index contributed by atoms with van der Waals surface area (Å²) in [6.07, 6.45) is 4.88. The van der Waals surface area contributed by atoms with Gasteiger partial charge in [-0.2, -0.15) is 0 Å². The van der Waals surface area contributed by atoms with E-state index in [0.29, 0.717) is 12.1 Å². The van der Waals surface area contributed by atoms with Gasteiger partial charge in [-0.1, -0.05) is 19.1 Å². The zero-order valence-electron chi connectivity index (χ0n) is 16.5. The van der Waals surface area contributed by atoms with E-state index in [1.54, 1.807) is 0 Å². The van der Waals surface area contributed by atoms with Crippen molar-refractivity contribution >= 4 is 11.6 Å². The van der Waals surface area contributed by atoms with Crippen LogP contribution in [0.15, 0.2) is 42.5 Å². The predicted molar refractivity (Wildman–Crippen MR) is 109 cm³/mol. The van der Waals surface area contributed by atoms with Crippen LogP contribution in [0.1, 0.15) is 51.2 Å². The van der Waals surface area contributed by atoms with Gasteiger partial charge in [-0.3, -0.25) is 4.79 Å². The second kappa shape index (κ2) is 8.94. The maximum Gasteiger partial charge on any atom is 0.265 e. The van der Waals surface area contributed by atoms with Gasteiger partial charge in [0, 0.05) is 11.8 Å². The first-order valence-electron chi connectivity index (χ1n) is 9.91. The average Bonchev–Trinajstić information content (AvgIpc) is 2.65. The molecule has 0 heterocycles. The Bertz CT molecular complexity index is 785. The quantitative estimate of drug-likeness (QED) is 0.736. The van der Waals surface area contributed by atoms with E-state index in [-0.39, 0.29) is 12.0 Å². The maximum absolute atomic E-state index is 12.7. The van der Waals surface area contributed by atoms with Crippen LogP contribution in [0.25, 0.3) is 0 Å². The third kappa shape index (κ3) is 5.25. The Hall–Kier alpha value is -2.49. The van der Waals surface area contributed by atoms with Crippen LogP contribution < -0.4 is 14.8 Å². The summed E-state index contributed by atoms with van der Waals surface area (Å²) in [5, 5.41) is 2.95. The first kappa shape index (κ1) is 19.3. The third-order valence-corrected chi connectivity index (χ3v) is 4.73. The number of nitrogens with one attached hydrogen (secondary N) is 1. The van der Waals surface area contributed by atoms with Crippen molar-refractivity contribution in [2.24, 2.45) is 0 Å². The van der Waals surface area contributed by atoms with Crippen molar-refractivity contribution < 1.29 is 14.3 Å². The zero-order valence-corrected chi connectivity index (χ0v) is 16.5. The minimum atomic E-state index is -0.527. The number of aryl methyl sites for hydroxylation is 2. The van der Waals surface area contributed by atoms with Crippen molar-refractivity contribution in [1.82, 2.24) is 0 Å². The second-order valence-electron chi connectivity index (χ2n) is 7.34. The molecule has 4 heteroatoms. The zero-order chi connectivity index (χ0) is 19.2. The van der Waals surface area contributed by atoms with Crippen LogP contribution in [0.5, 0.6) is 11.5 Å². The molecule has 144 valence electrons. The topological polar surface area (TPSA) is 47.6 Å². The van der Waals surface area contributed by atoms with E-state index in [1.807, 2.05) is 51.1 Å². The lowest BCUT2D eigenvalue weighted by atomic mass is 9.92. The molecule has 3 rings (SSSR count). The maximum atomic E-state index is 12.7. The van der Waals surface area contributed by atoms with Crippen molar-refractivity contribution in [1.29, 1.82) is 0 Å². The lowest BCUT2D eigenvalue weighted by molar-refractivity contribution is -0.122. The lowest BCUT2D eigenvalue weighted by Gasteiger charge is -2.20. The molecule has 1 N–H and O–H groups in total. The molecule has 1 aliphatic carbocycles. The lowest BCUT2D eigenvalue weighted by Crippen LogP contribution is -2.32. The van der Waals surface area contributed by atoms with E-state index in [2.05, 4.69) is 17.4 Å². The van der Waals surface area contributed by atoms with E-state index in [0.717, 1.165) is 24.3 Å². The summed E-state index contributed by atoms with van der Waals surface area (Å²) < 4.78 is 11.7. The summed E-state index contributed by atoms with van der Waals surface area (Å²) in [7, 11) is 0. The molecule has 4 nitrogen and oxygen atoms in total. The Kier molecular flexibility index (Phi) is 6.38. The van der Waals surface area contributed by atoms with Gasteiger partial charge in [0.15, 0.2) is 6.10 Å². The molecule has 0 aromatic heterocycles. The van der Waals surface area contributed by atoms with Crippen LogP contribution >= 0.6 is 0 Å². The van der Waals surface area contributed by atoms with E-state index in [4.69, 9.17) is 9.47 Å². The Labute approximate surface area is 161 Å². The van der Waals surface area contributed by atoms with Crippen molar-refractivity contribution in [3.05, 3.63) is 53.6 Å². The van der Waals surface area contributed by atoms with Crippen LogP contribution in [0, 0.1) is 0 Å². The molecule has 1 aliphatic rings. The van der Waals surface area contributed by atoms with Crippen molar-refractivity contribution in [2.75, 3.05) is 5.32 Å². The van der Waals surface area contributed by atoms with Gasteiger partial charge < -0.3 is 14.8 Å². The standard InChI is InChI=1S/C23H29NO3/c1-4-22(27-21-13-12-17-8-5-6-9-18(17)14-21)23(25)24-19-10-7-11-20(15-19)26-16(2)3/h7,10-16,22H,4-6,8-9H2,1-3H3,(H,24,25). The number of ether oxygens (including phenoxy) is 2. The molecule has 1 unspecified atom stereocenters. The molecule has 0 radical (unpaired) electrons. The molecule has 0 saturated heterocycles. The number of carbonyl (C=O) groups is 1. The molecule has 0 bridgehead atoms. The number of benzene rings is 2. The van der Waals surface area contributed by atoms with Gasteiger partial charge >= 0.3 is 0 Å². The summed E-state index contributed by atoms with van der Waals surface area (Å²) in [5.74, 6) is 1.37. The molecule has 1 atom stereocenters. The van der Waals surface area contributed by atoms with Crippen molar-refractivity contribution in [3.8, 4) is 11.5 Å². The molecule has 2 aromatic carbocycles. The van der Waals surface area contributed by atoms with E-state index >= 15 is 0 Å².